The van der Waals surface area contributed by atoms with Crippen LogP contribution in [-0.2, 0) is 20.4 Å². The summed E-state index contributed by atoms with van der Waals surface area (Å²) in [5.74, 6) is 3.53. The van der Waals surface area contributed by atoms with Gasteiger partial charge in [0.25, 0.3) is 20.4 Å². The minimum absolute atomic E-state index is 0.448. The van der Waals surface area contributed by atoms with Crippen LogP contribution in [0, 0.1) is 35.5 Å². The predicted octanol–water partition coefficient (Wildman–Crippen LogP) is 2.18. The van der Waals surface area contributed by atoms with E-state index in [0.29, 0.717) is 35.5 Å². The van der Waals surface area contributed by atoms with Gasteiger partial charge in [0.15, 0.2) is 0 Å². The fourth-order valence-corrected chi connectivity index (χ4v) is 12.4. The van der Waals surface area contributed by atoms with Gasteiger partial charge < -0.3 is 0 Å². The Morgan fingerprint density at radius 3 is 0.966 bits per heavy atom. The van der Waals surface area contributed by atoms with E-state index in [2.05, 4.69) is 9.44 Å². The van der Waals surface area contributed by atoms with Crippen LogP contribution in [0.5, 0.6) is 0 Å². The van der Waals surface area contributed by atoms with Gasteiger partial charge in [-0.3, -0.25) is 0 Å². The van der Waals surface area contributed by atoms with Crippen molar-refractivity contribution in [2.75, 3.05) is 0 Å². The van der Waals surface area contributed by atoms with Gasteiger partial charge in [0, 0.05) is 11.1 Å². The van der Waals surface area contributed by atoms with Crippen LogP contribution in [0.1, 0.15) is 77.0 Å². The van der Waals surface area contributed by atoms with E-state index in [1.807, 2.05) is 4.13 Å². The molecule has 9 heteroatoms. The highest BCUT2D eigenvalue weighted by molar-refractivity contribution is 8.02. The van der Waals surface area contributed by atoms with Crippen molar-refractivity contribution in [1.29, 1.82) is 0 Å². The summed E-state index contributed by atoms with van der Waals surface area (Å²) in [6.45, 7) is 0. The van der Waals surface area contributed by atoms with Crippen molar-refractivity contribution in [2.45, 2.75) is 88.1 Å². The van der Waals surface area contributed by atoms with E-state index in [-0.39, 0.29) is 0 Å². The molecular formula is C20H33N3O4S2. The monoisotopic (exact) mass is 443 g/mol. The SMILES string of the molecule is O=S(=O)(NC12CC3CC(CC(C3)C1)C2)NS(=O)(=O)NC12CC3CC(CC(C3)C1)C2. The topological polar surface area (TPSA) is 104 Å². The van der Waals surface area contributed by atoms with Crippen molar-refractivity contribution in [3.63, 3.8) is 0 Å². The zero-order chi connectivity index (χ0) is 20.1. The van der Waals surface area contributed by atoms with Crippen molar-refractivity contribution in [1.82, 2.24) is 13.6 Å². The second-order valence-corrected chi connectivity index (χ2v) is 14.8. The Kier molecular flexibility index (Phi) is 4.15. The maximum atomic E-state index is 12.9. The van der Waals surface area contributed by atoms with Crippen LogP contribution in [0.25, 0.3) is 0 Å². The first-order valence-corrected chi connectivity index (χ1v) is 14.4. The first-order chi connectivity index (χ1) is 13.6. The van der Waals surface area contributed by atoms with E-state index in [1.165, 1.54) is 38.5 Å². The Morgan fingerprint density at radius 2 is 0.724 bits per heavy atom. The van der Waals surface area contributed by atoms with Crippen LogP contribution in [-0.4, -0.2) is 27.9 Å². The molecule has 0 spiro atoms. The summed E-state index contributed by atoms with van der Waals surface area (Å²) >= 11 is 0. The lowest BCUT2D eigenvalue weighted by Gasteiger charge is -2.57. The maximum absolute atomic E-state index is 12.9. The summed E-state index contributed by atoms with van der Waals surface area (Å²) in [5, 5.41) is 0. The Hall–Kier alpha value is -0.220. The van der Waals surface area contributed by atoms with Crippen molar-refractivity contribution in [3.05, 3.63) is 0 Å². The molecule has 7 nitrogen and oxygen atoms in total. The van der Waals surface area contributed by atoms with Crippen LogP contribution in [0.3, 0.4) is 0 Å². The molecule has 3 N–H and O–H groups in total. The molecule has 8 bridgehead atoms. The van der Waals surface area contributed by atoms with Crippen molar-refractivity contribution in [2.24, 2.45) is 35.5 Å². The van der Waals surface area contributed by atoms with Gasteiger partial charge in [-0.2, -0.15) is 26.3 Å². The van der Waals surface area contributed by atoms with E-state index in [0.717, 1.165) is 38.5 Å². The van der Waals surface area contributed by atoms with Gasteiger partial charge in [0.2, 0.25) is 0 Å². The van der Waals surface area contributed by atoms with Crippen LogP contribution in [0.2, 0.25) is 0 Å². The summed E-state index contributed by atoms with van der Waals surface area (Å²) in [5.41, 5.74) is -0.895. The minimum atomic E-state index is -4.14. The van der Waals surface area contributed by atoms with E-state index >= 15 is 0 Å². The third-order valence-electron chi connectivity index (χ3n) is 9.00. The van der Waals surface area contributed by atoms with Gasteiger partial charge in [-0.1, -0.05) is 4.13 Å². The number of rotatable bonds is 6. The largest absolute Gasteiger partial charge is 0.291 e. The van der Waals surface area contributed by atoms with Crippen molar-refractivity contribution in [3.8, 4) is 0 Å². The molecule has 0 atom stereocenters. The van der Waals surface area contributed by atoms with E-state index in [9.17, 15) is 16.8 Å². The molecule has 0 radical (unpaired) electrons. The average Bonchev–Trinajstić information content (AvgIpc) is 2.47. The Labute approximate surface area is 174 Å². The Balaban J connectivity index is 1.17. The van der Waals surface area contributed by atoms with Crippen LogP contribution < -0.4 is 13.6 Å². The van der Waals surface area contributed by atoms with Gasteiger partial charge in [0.05, 0.1) is 0 Å². The number of hydrogen-bond donors (Lipinski definition) is 3. The molecule has 8 aliphatic rings. The van der Waals surface area contributed by atoms with E-state index in [1.54, 1.807) is 0 Å². The van der Waals surface area contributed by atoms with E-state index < -0.39 is 31.5 Å². The molecule has 0 unspecified atom stereocenters. The molecule has 164 valence electrons. The lowest BCUT2D eigenvalue weighted by Crippen LogP contribution is -2.65. The summed E-state index contributed by atoms with van der Waals surface area (Å²) in [4.78, 5) is 0. The molecule has 0 aliphatic heterocycles. The third-order valence-corrected chi connectivity index (χ3v) is 12.2. The second-order valence-electron chi connectivity index (χ2n) is 11.7. The fourth-order valence-electron chi connectivity index (χ4n) is 9.23. The maximum Gasteiger partial charge on any atom is 0.291 e. The number of hydrogen-bond acceptors (Lipinski definition) is 4. The summed E-state index contributed by atoms with van der Waals surface area (Å²) in [6, 6.07) is 0. The van der Waals surface area contributed by atoms with Crippen LogP contribution in [0.15, 0.2) is 0 Å². The molecule has 8 rings (SSSR count). The minimum Gasteiger partial charge on any atom is -0.195 e. The van der Waals surface area contributed by atoms with Gasteiger partial charge in [-0.25, -0.2) is 0 Å². The molecule has 29 heavy (non-hydrogen) atoms. The quantitative estimate of drug-likeness (QED) is 0.585. The van der Waals surface area contributed by atoms with Crippen molar-refractivity contribution >= 4 is 20.4 Å². The average molecular weight is 444 g/mol. The molecule has 8 fully saturated rings. The lowest BCUT2D eigenvalue weighted by atomic mass is 9.53. The standard InChI is InChI=1S/C20H33N3O4S2/c24-28(25,21-19-7-13-1-14(8-19)3-15(2-13)9-19)23-29(26,27)22-20-10-16-4-17(11-20)6-18(5-16)12-20/h13-18,21-23H,1-12H2. The molecule has 8 aliphatic carbocycles. The van der Waals surface area contributed by atoms with Gasteiger partial charge in [0.1, 0.15) is 0 Å². The molecule has 0 heterocycles. The molecule has 0 amide bonds. The zero-order valence-electron chi connectivity index (χ0n) is 16.9. The smallest absolute Gasteiger partial charge is 0.195 e. The highest BCUT2D eigenvalue weighted by Gasteiger charge is 2.54. The molecule has 0 aromatic carbocycles. The Bertz CT molecular complexity index is 769. The fraction of sp³-hybridized carbons (Fsp3) is 1.00. The van der Waals surface area contributed by atoms with Gasteiger partial charge in [-0.05, 0) is 113 Å². The summed E-state index contributed by atoms with van der Waals surface area (Å²) in [7, 11) is -8.27. The molecule has 0 aromatic heterocycles. The predicted molar refractivity (Wildman–Crippen MR) is 109 cm³/mol. The van der Waals surface area contributed by atoms with Crippen LogP contribution in [0.4, 0.5) is 0 Å². The first-order valence-electron chi connectivity index (χ1n) is 11.5. The summed E-state index contributed by atoms with van der Waals surface area (Å²) in [6.07, 6.45) is 12.3. The molecule has 8 saturated carbocycles. The highest BCUT2D eigenvalue weighted by atomic mass is 32.3. The first kappa shape index (κ1) is 19.5. The molecular weight excluding hydrogens is 410 g/mol. The summed E-state index contributed by atoms with van der Waals surface area (Å²) < 4.78 is 59.1. The molecule has 0 aromatic rings. The molecule has 0 saturated heterocycles. The normalized spacial score (nSPS) is 50.3. The second kappa shape index (κ2) is 6.18. The van der Waals surface area contributed by atoms with Gasteiger partial charge >= 0.3 is 0 Å². The van der Waals surface area contributed by atoms with Crippen LogP contribution >= 0.6 is 0 Å². The highest BCUT2D eigenvalue weighted by Crippen LogP contribution is 2.57. The van der Waals surface area contributed by atoms with E-state index in [4.69, 9.17) is 0 Å². The Morgan fingerprint density at radius 1 is 0.483 bits per heavy atom. The lowest BCUT2D eigenvalue weighted by molar-refractivity contribution is -0.00843. The van der Waals surface area contributed by atoms with Crippen molar-refractivity contribution < 1.29 is 16.8 Å². The zero-order valence-corrected chi connectivity index (χ0v) is 18.5. The third kappa shape index (κ3) is 3.58. The van der Waals surface area contributed by atoms with Gasteiger partial charge in [-0.15, -0.1) is 0 Å². The number of nitrogens with one attached hydrogen (secondary N) is 3.